The third-order valence-corrected chi connectivity index (χ3v) is 6.82. The van der Waals surface area contributed by atoms with Gasteiger partial charge in [-0.15, -0.1) is 0 Å². The van der Waals surface area contributed by atoms with Crippen molar-refractivity contribution in [2.75, 3.05) is 11.5 Å². The Morgan fingerprint density at radius 3 is 2.00 bits per heavy atom. The van der Waals surface area contributed by atoms with Crippen molar-refractivity contribution in [1.29, 1.82) is 0 Å². The van der Waals surface area contributed by atoms with Crippen LogP contribution in [-0.4, -0.2) is 27.3 Å². The zero-order chi connectivity index (χ0) is 17.5. The molecule has 0 atom stereocenters. The average molecular weight is 362 g/mol. The maximum absolute atomic E-state index is 12.9. The Morgan fingerprint density at radius 2 is 1.46 bits per heavy atom. The highest BCUT2D eigenvalue weighted by molar-refractivity contribution is 7.93. The van der Waals surface area contributed by atoms with Crippen molar-refractivity contribution in [3.05, 3.63) is 63.7 Å². The largest absolute Gasteiger partial charge is 0.289 e. The lowest BCUT2D eigenvalue weighted by Gasteiger charge is -2.20. The first kappa shape index (κ1) is 16.9. The lowest BCUT2D eigenvalue weighted by atomic mass is 9.83. The van der Waals surface area contributed by atoms with Crippen molar-refractivity contribution >= 4 is 38.6 Å². The molecule has 6 heteroatoms. The third-order valence-electron chi connectivity index (χ3n) is 4.17. The summed E-state index contributed by atoms with van der Waals surface area (Å²) in [7, 11) is -2.46. The Balaban J connectivity index is 2.35. The number of fused-ring (bicyclic) bond motifs is 2. The van der Waals surface area contributed by atoms with Crippen LogP contribution in [0.4, 0.5) is 5.69 Å². The van der Waals surface area contributed by atoms with E-state index in [-0.39, 0.29) is 33.4 Å². The number of carbonyl (C=O) groups is 2. The van der Waals surface area contributed by atoms with Crippen LogP contribution in [0.1, 0.15) is 45.7 Å². The highest BCUT2D eigenvalue weighted by Crippen LogP contribution is 2.37. The Kier molecular flexibility index (Phi) is 4.32. The van der Waals surface area contributed by atoms with E-state index in [4.69, 9.17) is 11.6 Å². The number of rotatable bonds is 3. The first-order chi connectivity index (χ1) is 11.4. The van der Waals surface area contributed by atoms with Crippen LogP contribution in [0.3, 0.4) is 0 Å². The summed E-state index contributed by atoms with van der Waals surface area (Å²) in [5.74, 6) is 0.136. The second-order valence-corrected chi connectivity index (χ2v) is 8.75. The number of ketones is 2. The number of halogens is 1. The van der Waals surface area contributed by atoms with Crippen LogP contribution in [0.5, 0.6) is 0 Å². The van der Waals surface area contributed by atoms with Gasteiger partial charge in [-0.25, -0.2) is 4.21 Å². The van der Waals surface area contributed by atoms with Crippen molar-refractivity contribution in [3.63, 3.8) is 0 Å². The highest BCUT2D eigenvalue weighted by Gasteiger charge is 2.33. The molecule has 0 saturated heterocycles. The molecule has 0 unspecified atom stereocenters. The number of carbonyl (C=O) groups excluding carboxylic acids is 2. The zero-order valence-electron chi connectivity index (χ0n) is 13.3. The molecular formula is C18H16ClNO3S. The van der Waals surface area contributed by atoms with Crippen molar-refractivity contribution < 1.29 is 13.8 Å². The molecule has 0 aromatic heterocycles. The molecule has 0 aliphatic heterocycles. The molecule has 0 amide bonds. The summed E-state index contributed by atoms with van der Waals surface area (Å²) in [4.78, 5) is 25.7. The molecule has 0 fully saturated rings. The molecule has 1 aliphatic carbocycles. The van der Waals surface area contributed by atoms with Gasteiger partial charge in [-0.05, 0) is 12.1 Å². The van der Waals surface area contributed by atoms with Crippen LogP contribution in [-0.2, 0) is 9.73 Å². The Hall–Kier alpha value is -1.98. The topological polar surface area (TPSA) is 63.6 Å². The molecule has 4 nitrogen and oxygen atoms in total. The summed E-state index contributed by atoms with van der Waals surface area (Å²) in [6.45, 7) is 3.58. The fourth-order valence-electron chi connectivity index (χ4n) is 2.76. The van der Waals surface area contributed by atoms with Crippen molar-refractivity contribution in [2.45, 2.75) is 13.8 Å². The van der Waals surface area contributed by atoms with Crippen LogP contribution in [0.25, 0.3) is 0 Å². The van der Waals surface area contributed by atoms with E-state index in [1.807, 2.05) is 0 Å². The molecule has 1 aliphatic rings. The van der Waals surface area contributed by atoms with Crippen molar-refractivity contribution in [2.24, 2.45) is 4.36 Å². The minimum Gasteiger partial charge on any atom is -0.289 e. The van der Waals surface area contributed by atoms with Gasteiger partial charge in [0.05, 0.1) is 31.6 Å². The summed E-state index contributed by atoms with van der Waals surface area (Å²) >= 11 is 6.19. The summed E-state index contributed by atoms with van der Waals surface area (Å²) in [6, 6.07) is 9.73. The maximum Gasteiger partial charge on any atom is 0.196 e. The smallest absolute Gasteiger partial charge is 0.196 e. The third kappa shape index (κ3) is 2.58. The summed E-state index contributed by atoms with van der Waals surface area (Å²) < 4.78 is 17.0. The molecule has 0 heterocycles. The fraction of sp³-hybridized carbons (Fsp3) is 0.222. The highest BCUT2D eigenvalue weighted by atomic mass is 35.5. The van der Waals surface area contributed by atoms with E-state index in [9.17, 15) is 13.8 Å². The van der Waals surface area contributed by atoms with E-state index in [2.05, 4.69) is 4.36 Å². The van der Waals surface area contributed by atoms with E-state index >= 15 is 0 Å². The Bertz CT molecular complexity index is 978. The maximum atomic E-state index is 12.9. The van der Waals surface area contributed by atoms with E-state index in [0.717, 1.165) is 0 Å². The van der Waals surface area contributed by atoms with Gasteiger partial charge in [0.2, 0.25) is 0 Å². The van der Waals surface area contributed by atoms with E-state index in [1.54, 1.807) is 44.2 Å². The second-order valence-electron chi connectivity index (χ2n) is 5.46. The molecule has 0 radical (unpaired) electrons. The Labute approximate surface area is 146 Å². The number of nitrogens with zero attached hydrogens (tertiary/aromatic N) is 1. The molecule has 2 aromatic rings. The lowest BCUT2D eigenvalue weighted by molar-refractivity contribution is 0.0979. The molecule has 124 valence electrons. The molecule has 0 N–H and O–H groups in total. The minimum absolute atomic E-state index is 0.149. The lowest BCUT2D eigenvalue weighted by Crippen LogP contribution is -2.21. The van der Waals surface area contributed by atoms with E-state index in [1.165, 1.54) is 6.07 Å². The van der Waals surface area contributed by atoms with Gasteiger partial charge in [0.25, 0.3) is 0 Å². The monoisotopic (exact) mass is 361 g/mol. The van der Waals surface area contributed by atoms with Gasteiger partial charge in [-0.2, -0.15) is 4.36 Å². The molecule has 24 heavy (non-hydrogen) atoms. The normalized spacial score (nSPS) is 13.5. The average Bonchev–Trinajstić information content (AvgIpc) is 2.61. The minimum atomic E-state index is -2.46. The molecule has 0 bridgehead atoms. The first-order valence-electron chi connectivity index (χ1n) is 7.65. The summed E-state index contributed by atoms with van der Waals surface area (Å²) in [5, 5.41) is 0.205. The molecule has 0 saturated carbocycles. The van der Waals surface area contributed by atoms with Crippen LogP contribution in [0.2, 0.25) is 5.02 Å². The standard InChI is InChI=1S/C18H16ClNO3S/c1-3-24(23,4-2)20-14-10-9-13(19)15-16(14)18(22)12-8-6-5-7-11(12)17(15)21/h5-10H,3-4H2,1-2H3. The number of hydrogen-bond donors (Lipinski definition) is 0. The predicted molar refractivity (Wildman–Crippen MR) is 96.1 cm³/mol. The SMILES string of the molecule is CCS(=O)(CC)=Nc1ccc(Cl)c2c1C(=O)c1ccccc1C2=O. The number of benzene rings is 2. The number of hydrogen-bond acceptors (Lipinski definition) is 4. The van der Waals surface area contributed by atoms with Gasteiger partial charge in [-0.1, -0.05) is 49.7 Å². The van der Waals surface area contributed by atoms with Crippen molar-refractivity contribution in [3.8, 4) is 0 Å². The van der Waals surface area contributed by atoms with Gasteiger partial charge in [0.1, 0.15) is 0 Å². The summed E-state index contributed by atoms with van der Waals surface area (Å²) in [5.41, 5.74) is 1.24. The van der Waals surface area contributed by atoms with Crippen molar-refractivity contribution in [1.82, 2.24) is 0 Å². The van der Waals surface area contributed by atoms with Gasteiger partial charge < -0.3 is 0 Å². The second kappa shape index (κ2) is 6.15. The van der Waals surface area contributed by atoms with Crippen LogP contribution >= 0.6 is 11.6 Å². The van der Waals surface area contributed by atoms with Crippen LogP contribution in [0.15, 0.2) is 40.8 Å². The van der Waals surface area contributed by atoms with Crippen LogP contribution in [0, 0.1) is 0 Å². The van der Waals surface area contributed by atoms with E-state index in [0.29, 0.717) is 22.6 Å². The Morgan fingerprint density at radius 1 is 0.917 bits per heavy atom. The molecule has 3 rings (SSSR count). The van der Waals surface area contributed by atoms with E-state index < -0.39 is 9.73 Å². The zero-order valence-corrected chi connectivity index (χ0v) is 14.9. The quantitative estimate of drug-likeness (QED) is 0.700. The van der Waals surface area contributed by atoms with Gasteiger partial charge in [-0.3, -0.25) is 9.59 Å². The van der Waals surface area contributed by atoms with Gasteiger partial charge in [0, 0.05) is 22.6 Å². The summed E-state index contributed by atoms with van der Waals surface area (Å²) in [6.07, 6.45) is 0. The first-order valence-corrected chi connectivity index (χ1v) is 9.88. The molecule has 0 spiro atoms. The van der Waals surface area contributed by atoms with Crippen LogP contribution < -0.4 is 0 Å². The predicted octanol–water partition coefficient (Wildman–Crippen LogP) is 4.25. The van der Waals surface area contributed by atoms with Gasteiger partial charge in [0.15, 0.2) is 11.6 Å². The molecular weight excluding hydrogens is 346 g/mol. The molecule has 2 aromatic carbocycles. The fourth-order valence-corrected chi connectivity index (χ4v) is 4.18. The van der Waals surface area contributed by atoms with Gasteiger partial charge >= 0.3 is 0 Å².